The van der Waals surface area contributed by atoms with Gasteiger partial charge in [0.2, 0.25) is 11.6 Å². The molecule has 3 aliphatic carbocycles. The predicted octanol–water partition coefficient (Wildman–Crippen LogP) is 27.7. The summed E-state index contributed by atoms with van der Waals surface area (Å²) in [5, 5.41) is 0. The molecule has 0 fully saturated rings. The molecule has 115 heavy (non-hydrogen) atoms. The molecule has 0 saturated carbocycles. The SMILES string of the molecule is C=Cc1ccc(C2(c3c(F)c(F)c(F)c(F)c3F)c3ccccc3-c3ccc(N(c4ccc(-c5ccccc5)cc4)c4ccc5c(c4)C(c4ccccc4)(c4ccccc4)c4cc(N(c6ccc(-c7ccccc7)cc6)c6ccc7c(c6)[C@](c6ccc(C=C)cc6)(c6c(F)c(F)c(F)c(F)c6F)c6ccccc6-7)ccc4-5)cc32)cc1. The Bertz CT molecular complexity index is 6150. The molecule has 19 rings (SSSR count). The fourth-order valence-electron chi connectivity index (χ4n) is 18.4. The molecular weight excluding hydrogens is 1460 g/mol. The Kier molecular flexibility index (Phi) is 17.1. The summed E-state index contributed by atoms with van der Waals surface area (Å²) in [5.41, 5.74) is 9.41. The lowest BCUT2D eigenvalue weighted by molar-refractivity contribution is 0.363. The number of anilines is 6. The first kappa shape index (κ1) is 71.2. The van der Waals surface area contributed by atoms with Gasteiger partial charge >= 0.3 is 0 Å². The molecule has 0 saturated heterocycles. The van der Waals surface area contributed by atoms with Crippen molar-refractivity contribution in [3.05, 3.63) is 489 Å². The lowest BCUT2D eigenvalue weighted by Gasteiger charge is -2.36. The number of nitrogens with zero attached hydrogens (tertiary/aromatic N) is 2. The second-order valence-corrected chi connectivity index (χ2v) is 29.0. The lowest BCUT2D eigenvalue weighted by atomic mass is 9.67. The van der Waals surface area contributed by atoms with Gasteiger partial charge in [0.25, 0.3) is 0 Å². The summed E-state index contributed by atoms with van der Waals surface area (Å²) in [6.45, 7) is 7.87. The van der Waals surface area contributed by atoms with Crippen molar-refractivity contribution >= 4 is 46.3 Å². The van der Waals surface area contributed by atoms with E-state index in [1.165, 1.54) is 0 Å². The Morgan fingerprint density at radius 3 is 0.739 bits per heavy atom. The Labute approximate surface area is 657 Å². The second-order valence-electron chi connectivity index (χ2n) is 29.0. The van der Waals surface area contributed by atoms with Crippen LogP contribution in [0.25, 0.3) is 67.8 Å². The van der Waals surface area contributed by atoms with Crippen molar-refractivity contribution in [2.75, 3.05) is 9.80 Å². The van der Waals surface area contributed by atoms with Gasteiger partial charge in [-0.05, 0) is 195 Å². The summed E-state index contributed by atoms with van der Waals surface area (Å²) in [6.07, 6.45) is 3.19. The van der Waals surface area contributed by atoms with Crippen LogP contribution in [0.4, 0.5) is 78.0 Å². The zero-order valence-electron chi connectivity index (χ0n) is 61.1. The van der Waals surface area contributed by atoms with E-state index in [-0.39, 0.29) is 33.4 Å². The van der Waals surface area contributed by atoms with E-state index in [1.54, 1.807) is 121 Å². The Balaban J connectivity index is 0.857. The van der Waals surface area contributed by atoms with Crippen molar-refractivity contribution in [1.29, 1.82) is 0 Å². The van der Waals surface area contributed by atoms with E-state index in [4.69, 9.17) is 0 Å². The molecule has 16 aromatic carbocycles. The number of fused-ring (bicyclic) bond motifs is 9. The summed E-state index contributed by atoms with van der Waals surface area (Å²) >= 11 is 0. The van der Waals surface area contributed by atoms with Gasteiger partial charge in [-0.15, -0.1) is 0 Å². The van der Waals surface area contributed by atoms with Crippen molar-refractivity contribution in [3.63, 3.8) is 0 Å². The molecule has 1 unspecified atom stereocenters. The first-order valence-electron chi connectivity index (χ1n) is 37.4. The Morgan fingerprint density at radius 2 is 0.435 bits per heavy atom. The highest BCUT2D eigenvalue weighted by atomic mass is 19.2. The van der Waals surface area contributed by atoms with Gasteiger partial charge in [-0.2, -0.15) is 0 Å². The molecule has 0 radical (unpaired) electrons. The first-order valence-corrected chi connectivity index (χ1v) is 37.4. The molecule has 3 aliphatic rings. The van der Waals surface area contributed by atoms with Gasteiger partial charge in [0, 0.05) is 45.3 Å². The second kappa shape index (κ2) is 27.7. The maximum absolute atomic E-state index is 17.5. The van der Waals surface area contributed by atoms with Crippen LogP contribution in [-0.4, -0.2) is 0 Å². The highest BCUT2D eigenvalue weighted by Gasteiger charge is 2.54. The predicted molar refractivity (Wildman–Crippen MR) is 438 cm³/mol. The molecule has 0 amide bonds. The van der Waals surface area contributed by atoms with E-state index in [9.17, 15) is 0 Å². The highest BCUT2D eigenvalue weighted by Crippen LogP contribution is 2.63. The minimum absolute atomic E-state index is 0.227. The minimum Gasteiger partial charge on any atom is -0.310 e. The van der Waals surface area contributed by atoms with Gasteiger partial charge in [0.05, 0.1) is 16.2 Å². The molecule has 0 N–H and O–H groups in total. The largest absolute Gasteiger partial charge is 0.310 e. The summed E-state index contributed by atoms with van der Waals surface area (Å²) in [5.74, 6) is -20.9. The van der Waals surface area contributed by atoms with Gasteiger partial charge < -0.3 is 9.80 Å². The maximum atomic E-state index is 17.5. The summed E-state index contributed by atoms with van der Waals surface area (Å²) in [7, 11) is 0. The minimum atomic E-state index is -2.29. The van der Waals surface area contributed by atoms with Crippen LogP contribution in [0.3, 0.4) is 0 Å². The van der Waals surface area contributed by atoms with E-state index in [2.05, 4.69) is 61.7 Å². The summed E-state index contributed by atoms with van der Waals surface area (Å²) in [4.78, 5) is 4.07. The number of benzene rings is 16. The van der Waals surface area contributed by atoms with Crippen LogP contribution in [0.5, 0.6) is 0 Å². The zero-order chi connectivity index (χ0) is 78.8. The normalized spacial score (nSPS) is 15.1. The van der Waals surface area contributed by atoms with Gasteiger partial charge in [-0.3, -0.25) is 0 Å². The van der Waals surface area contributed by atoms with Gasteiger partial charge in [0.15, 0.2) is 46.5 Å². The molecule has 0 aromatic heterocycles. The van der Waals surface area contributed by atoms with E-state index in [1.807, 2.05) is 192 Å². The third kappa shape index (κ3) is 10.6. The van der Waals surface area contributed by atoms with Crippen LogP contribution in [0.1, 0.15) is 77.9 Å². The van der Waals surface area contributed by atoms with Crippen LogP contribution in [0, 0.1) is 58.2 Å². The summed E-state index contributed by atoms with van der Waals surface area (Å²) < 4.78 is 166. The quantitative estimate of drug-likeness (QED) is 0.0540. The van der Waals surface area contributed by atoms with Gasteiger partial charge in [-0.25, -0.2) is 43.9 Å². The molecule has 2 nitrogen and oxygen atoms in total. The summed E-state index contributed by atoms with van der Waals surface area (Å²) in [6, 6.07) is 107. The van der Waals surface area contributed by atoms with Crippen LogP contribution in [-0.2, 0) is 16.2 Å². The lowest BCUT2D eigenvalue weighted by Crippen LogP contribution is -2.33. The fraction of sp³-hybridized carbons (Fsp3) is 0.0291. The number of rotatable bonds is 16. The molecule has 2 atom stereocenters. The van der Waals surface area contributed by atoms with Gasteiger partial charge in [0.1, 0.15) is 0 Å². The Morgan fingerprint density at radius 1 is 0.200 bits per heavy atom. The van der Waals surface area contributed by atoms with E-state index in [0.29, 0.717) is 67.5 Å². The molecule has 0 bridgehead atoms. The first-order chi connectivity index (χ1) is 56.1. The van der Waals surface area contributed by atoms with E-state index in [0.717, 1.165) is 55.6 Å². The molecule has 12 heteroatoms. The van der Waals surface area contributed by atoms with Crippen LogP contribution in [0.15, 0.2) is 353 Å². The van der Waals surface area contributed by atoms with Crippen LogP contribution < -0.4 is 9.80 Å². The number of halogens is 10. The molecule has 0 heterocycles. The third-order valence-electron chi connectivity index (χ3n) is 23.4. The van der Waals surface area contributed by atoms with Crippen molar-refractivity contribution < 1.29 is 43.9 Å². The van der Waals surface area contributed by atoms with Crippen LogP contribution in [0.2, 0.25) is 0 Å². The van der Waals surface area contributed by atoms with Gasteiger partial charge in [-0.1, -0.05) is 292 Å². The maximum Gasteiger partial charge on any atom is 0.200 e. The molecule has 554 valence electrons. The van der Waals surface area contributed by atoms with Crippen LogP contribution >= 0.6 is 0 Å². The fourth-order valence-corrected chi connectivity index (χ4v) is 18.4. The smallest absolute Gasteiger partial charge is 0.200 e. The molecule has 0 spiro atoms. The highest BCUT2D eigenvalue weighted by molar-refractivity contribution is 5.96. The van der Waals surface area contributed by atoms with E-state index < -0.39 is 85.5 Å². The molecule has 0 aliphatic heterocycles. The molecular formula is C103H62F10N2. The van der Waals surface area contributed by atoms with E-state index >= 15 is 43.9 Å². The van der Waals surface area contributed by atoms with Crippen molar-refractivity contribution in [2.45, 2.75) is 16.2 Å². The number of hydrogen-bond acceptors (Lipinski definition) is 2. The van der Waals surface area contributed by atoms with Crippen molar-refractivity contribution in [3.8, 4) is 55.6 Å². The average Bonchev–Trinajstić information content (AvgIpc) is 1.55. The average molecular weight is 1520 g/mol. The topological polar surface area (TPSA) is 6.48 Å². The zero-order valence-corrected chi connectivity index (χ0v) is 61.1. The van der Waals surface area contributed by atoms with Crippen molar-refractivity contribution in [2.24, 2.45) is 0 Å². The van der Waals surface area contributed by atoms with Crippen molar-refractivity contribution in [1.82, 2.24) is 0 Å². The standard InChI is InChI=1S/C103H62F10N2/c1-3-61-33-41-69(42-34-61)102(89-91(104)95(108)99(112)96(109)92(89)105)83-31-19-17-29-77(83)79-53-49-75(59-87(79)102)114(71-45-37-65(38-46-71)63-21-9-5-10-22-63)73-51-55-81-82-56-52-74(58-86(82)101(85(81)57-73,67-25-13-7-14-26-67)68-27-15-8-16-28-68)115(72-47-39-66(40-48-72)64-23-11-6-12-24-64)76-50-54-80-78-30-18-20-32-84(78)103(88(80)60-76,70-43-35-62(4-2)36-44-70)90-93(106)97(110)100(113)98(111)94(90)107/h3-60H,1-2H2/t102-,103?/m1/s1. The third-order valence-corrected chi connectivity index (χ3v) is 23.4. The Hall–Kier alpha value is -14.1. The number of hydrogen-bond donors (Lipinski definition) is 0. The monoisotopic (exact) mass is 1520 g/mol. The molecule has 16 aromatic rings.